The summed E-state index contributed by atoms with van der Waals surface area (Å²) in [5, 5.41) is 10.9. The number of carbonyl (C=O) groups is 1. The summed E-state index contributed by atoms with van der Waals surface area (Å²) in [6.45, 7) is 0.0121. The van der Waals surface area contributed by atoms with Gasteiger partial charge in [-0.3, -0.25) is 14.5 Å². The predicted molar refractivity (Wildman–Crippen MR) is 109 cm³/mol. The summed E-state index contributed by atoms with van der Waals surface area (Å²) in [6.07, 6.45) is 3.14. The monoisotopic (exact) mass is 403 g/mol. The van der Waals surface area contributed by atoms with Crippen LogP contribution >= 0.6 is 0 Å². The molecule has 0 atom stereocenters. The number of hydrogen-bond donors (Lipinski definition) is 0. The van der Waals surface area contributed by atoms with Gasteiger partial charge in [0, 0.05) is 17.8 Å². The predicted octanol–water partition coefficient (Wildman–Crippen LogP) is 4.03. The summed E-state index contributed by atoms with van der Waals surface area (Å²) in [4.78, 5) is 26.8. The number of rotatable bonds is 7. The molecule has 8 heteroatoms. The van der Waals surface area contributed by atoms with Crippen LogP contribution in [0.3, 0.4) is 0 Å². The van der Waals surface area contributed by atoms with Crippen molar-refractivity contribution in [1.29, 1.82) is 0 Å². The number of esters is 1. The van der Waals surface area contributed by atoms with Crippen LogP contribution in [-0.2, 0) is 16.1 Å². The SMILES string of the molecule is O=C(COc1ccc(-c2cn3cc([N+](=O)[O-])ccc3n2)cc1)OCc1ccccc1. The lowest BCUT2D eigenvalue weighted by molar-refractivity contribution is -0.385. The van der Waals surface area contributed by atoms with Crippen molar-refractivity contribution in [3.8, 4) is 17.0 Å². The molecule has 2 aromatic heterocycles. The van der Waals surface area contributed by atoms with Crippen LogP contribution < -0.4 is 4.74 Å². The number of hydrogen-bond acceptors (Lipinski definition) is 6. The molecule has 150 valence electrons. The quantitative estimate of drug-likeness (QED) is 0.263. The summed E-state index contributed by atoms with van der Waals surface area (Å²) in [5.41, 5.74) is 3.00. The van der Waals surface area contributed by atoms with Gasteiger partial charge in [0.15, 0.2) is 6.61 Å². The van der Waals surface area contributed by atoms with Gasteiger partial charge in [-0.25, -0.2) is 9.78 Å². The maximum absolute atomic E-state index is 11.8. The molecule has 0 aliphatic rings. The van der Waals surface area contributed by atoms with Gasteiger partial charge in [-0.15, -0.1) is 0 Å². The Morgan fingerprint density at radius 3 is 2.50 bits per heavy atom. The minimum atomic E-state index is -0.454. The molecule has 0 fully saturated rings. The zero-order chi connectivity index (χ0) is 20.9. The number of aromatic nitrogens is 2. The number of imidazole rings is 1. The molecular formula is C22H17N3O5. The summed E-state index contributed by atoms with van der Waals surface area (Å²) < 4.78 is 12.3. The van der Waals surface area contributed by atoms with Gasteiger partial charge in [0.05, 0.1) is 16.8 Å². The Morgan fingerprint density at radius 1 is 1.00 bits per heavy atom. The van der Waals surface area contributed by atoms with Gasteiger partial charge in [0.25, 0.3) is 5.69 Å². The van der Waals surface area contributed by atoms with E-state index in [0.717, 1.165) is 11.1 Å². The normalized spacial score (nSPS) is 10.7. The molecule has 8 nitrogen and oxygen atoms in total. The van der Waals surface area contributed by atoms with Gasteiger partial charge in [-0.1, -0.05) is 30.3 Å². The number of ether oxygens (including phenoxy) is 2. The van der Waals surface area contributed by atoms with Crippen molar-refractivity contribution in [2.45, 2.75) is 6.61 Å². The van der Waals surface area contributed by atoms with Crippen LogP contribution in [0.4, 0.5) is 5.69 Å². The number of pyridine rings is 1. The van der Waals surface area contributed by atoms with E-state index < -0.39 is 10.9 Å². The molecule has 0 spiro atoms. The average molecular weight is 403 g/mol. The molecule has 4 aromatic rings. The maximum Gasteiger partial charge on any atom is 0.344 e. The van der Waals surface area contributed by atoms with Gasteiger partial charge in [0.2, 0.25) is 0 Å². The lowest BCUT2D eigenvalue weighted by atomic mass is 10.2. The Hall–Kier alpha value is -4.20. The smallest absolute Gasteiger partial charge is 0.344 e. The highest BCUT2D eigenvalue weighted by molar-refractivity contribution is 5.71. The summed E-state index contributed by atoms with van der Waals surface area (Å²) in [7, 11) is 0. The molecule has 0 aliphatic heterocycles. The van der Waals surface area contributed by atoms with Crippen LogP contribution in [0.2, 0.25) is 0 Å². The maximum atomic E-state index is 11.8. The third-order valence-corrected chi connectivity index (χ3v) is 4.40. The van der Waals surface area contributed by atoms with E-state index in [1.54, 1.807) is 40.9 Å². The first-order chi connectivity index (χ1) is 14.6. The average Bonchev–Trinajstić information content (AvgIpc) is 3.20. The first kappa shape index (κ1) is 19.1. The van der Waals surface area contributed by atoms with Crippen molar-refractivity contribution in [2.75, 3.05) is 6.61 Å². The number of fused-ring (bicyclic) bond motifs is 1. The molecule has 0 bridgehead atoms. The number of benzene rings is 2. The van der Waals surface area contributed by atoms with Crippen molar-refractivity contribution in [3.63, 3.8) is 0 Å². The Labute approximate surface area is 171 Å². The van der Waals surface area contributed by atoms with E-state index in [2.05, 4.69) is 4.98 Å². The van der Waals surface area contributed by atoms with E-state index in [-0.39, 0.29) is 18.9 Å². The number of nitro groups is 1. The lowest BCUT2D eigenvalue weighted by Gasteiger charge is -2.07. The summed E-state index contributed by atoms with van der Waals surface area (Å²) >= 11 is 0. The topological polar surface area (TPSA) is 96.0 Å². The second-order valence-corrected chi connectivity index (χ2v) is 6.50. The molecular weight excluding hydrogens is 386 g/mol. The van der Waals surface area contributed by atoms with Gasteiger partial charge in [-0.2, -0.15) is 0 Å². The Morgan fingerprint density at radius 2 is 1.77 bits per heavy atom. The third kappa shape index (κ3) is 4.44. The Bertz CT molecular complexity index is 1190. The molecule has 4 rings (SSSR count). The third-order valence-electron chi connectivity index (χ3n) is 4.40. The Balaban J connectivity index is 1.36. The second kappa shape index (κ2) is 8.44. The number of carbonyl (C=O) groups excluding carboxylic acids is 1. The van der Waals surface area contributed by atoms with E-state index in [9.17, 15) is 14.9 Å². The molecule has 0 amide bonds. The lowest BCUT2D eigenvalue weighted by Crippen LogP contribution is -2.14. The van der Waals surface area contributed by atoms with E-state index >= 15 is 0 Å². The van der Waals surface area contributed by atoms with Gasteiger partial charge in [-0.05, 0) is 35.9 Å². The molecule has 2 heterocycles. The Kier molecular flexibility index (Phi) is 5.38. The van der Waals surface area contributed by atoms with Crippen molar-refractivity contribution in [3.05, 3.63) is 94.8 Å². The molecule has 0 unspecified atom stereocenters. The molecule has 0 saturated carbocycles. The van der Waals surface area contributed by atoms with Crippen LogP contribution in [0.5, 0.6) is 5.75 Å². The zero-order valence-corrected chi connectivity index (χ0v) is 15.8. The highest BCUT2D eigenvalue weighted by Crippen LogP contribution is 2.23. The van der Waals surface area contributed by atoms with Crippen LogP contribution in [0.15, 0.2) is 79.1 Å². The number of nitrogens with zero attached hydrogens (tertiary/aromatic N) is 3. The van der Waals surface area contributed by atoms with E-state index in [1.165, 1.54) is 12.3 Å². The molecule has 0 radical (unpaired) electrons. The first-order valence-electron chi connectivity index (χ1n) is 9.14. The largest absolute Gasteiger partial charge is 0.482 e. The van der Waals surface area contributed by atoms with E-state index in [1.807, 2.05) is 30.3 Å². The standard InChI is InChI=1S/C22H17N3O5/c26-22(30-14-16-4-2-1-3-5-16)15-29-19-9-6-17(7-10-19)20-13-24-12-18(25(27)28)8-11-21(24)23-20/h1-13H,14-15H2. The van der Waals surface area contributed by atoms with Crippen molar-refractivity contribution in [1.82, 2.24) is 9.38 Å². The minimum Gasteiger partial charge on any atom is -0.482 e. The van der Waals surface area contributed by atoms with Crippen molar-refractivity contribution >= 4 is 17.3 Å². The fourth-order valence-corrected chi connectivity index (χ4v) is 2.87. The first-order valence-corrected chi connectivity index (χ1v) is 9.14. The second-order valence-electron chi connectivity index (χ2n) is 6.50. The molecule has 0 saturated heterocycles. The molecule has 2 aromatic carbocycles. The summed E-state index contributed by atoms with van der Waals surface area (Å²) in [5.74, 6) is 0.0692. The van der Waals surface area contributed by atoms with Crippen LogP contribution in [0.25, 0.3) is 16.9 Å². The van der Waals surface area contributed by atoms with Crippen molar-refractivity contribution in [2.24, 2.45) is 0 Å². The molecule has 0 N–H and O–H groups in total. The molecule has 0 aliphatic carbocycles. The van der Waals surface area contributed by atoms with Gasteiger partial charge < -0.3 is 9.47 Å². The highest BCUT2D eigenvalue weighted by atomic mass is 16.6. The van der Waals surface area contributed by atoms with Gasteiger partial charge in [0.1, 0.15) is 18.0 Å². The fraction of sp³-hybridized carbons (Fsp3) is 0.0909. The van der Waals surface area contributed by atoms with Crippen LogP contribution in [0.1, 0.15) is 5.56 Å². The summed E-state index contributed by atoms with van der Waals surface area (Å²) in [6, 6.07) is 19.5. The zero-order valence-electron chi connectivity index (χ0n) is 15.8. The van der Waals surface area contributed by atoms with Crippen LogP contribution in [-0.4, -0.2) is 26.9 Å². The van der Waals surface area contributed by atoms with Crippen LogP contribution in [0, 0.1) is 10.1 Å². The van der Waals surface area contributed by atoms with Gasteiger partial charge >= 0.3 is 5.97 Å². The fourth-order valence-electron chi connectivity index (χ4n) is 2.87. The van der Waals surface area contributed by atoms with E-state index in [0.29, 0.717) is 17.1 Å². The van der Waals surface area contributed by atoms with E-state index in [4.69, 9.17) is 9.47 Å². The highest BCUT2D eigenvalue weighted by Gasteiger charge is 2.10. The minimum absolute atomic E-state index is 0.00523. The molecule has 30 heavy (non-hydrogen) atoms. The van der Waals surface area contributed by atoms with Crippen molar-refractivity contribution < 1.29 is 19.2 Å².